The van der Waals surface area contributed by atoms with Crippen molar-refractivity contribution in [2.24, 2.45) is 0 Å². The van der Waals surface area contributed by atoms with Crippen molar-refractivity contribution in [1.82, 2.24) is 10.2 Å². The van der Waals surface area contributed by atoms with Gasteiger partial charge in [-0.1, -0.05) is 59.9 Å². The van der Waals surface area contributed by atoms with Gasteiger partial charge < -0.3 is 4.74 Å². The highest BCUT2D eigenvalue weighted by Crippen LogP contribution is 2.36. The average Bonchev–Trinajstić information content (AvgIpc) is 3.12. The Morgan fingerprint density at radius 2 is 1.92 bits per heavy atom. The lowest BCUT2D eigenvalue weighted by atomic mass is 9.89. The van der Waals surface area contributed by atoms with Gasteiger partial charge in [0.1, 0.15) is 23.6 Å². The minimum Gasteiger partial charge on any atom is -0.489 e. The van der Waals surface area contributed by atoms with Crippen LogP contribution in [0.25, 0.3) is 21.1 Å². The van der Waals surface area contributed by atoms with Gasteiger partial charge in [0, 0.05) is 11.1 Å². The Balaban J connectivity index is 1.95. The Kier molecular flexibility index (Phi) is 5.99. The predicted octanol–water partition coefficient (Wildman–Crippen LogP) is 5.01. The Hall–Kier alpha value is -1.85. The number of benzene rings is 2. The normalized spacial score (nSPS) is 11.1. The zero-order valence-corrected chi connectivity index (χ0v) is 17.1. The van der Waals surface area contributed by atoms with E-state index in [2.05, 4.69) is 43.2 Å². The summed E-state index contributed by atoms with van der Waals surface area (Å²) in [4.78, 5) is 0. The molecule has 3 aromatic rings. The third kappa shape index (κ3) is 3.94. The lowest BCUT2D eigenvalue weighted by Crippen LogP contribution is -2.05. The molecule has 0 saturated heterocycles. The van der Waals surface area contributed by atoms with Crippen molar-refractivity contribution in [3.8, 4) is 26.9 Å². The molecule has 0 radical (unpaired) electrons. The topological polar surface area (TPSA) is 35.0 Å². The second kappa shape index (κ2) is 8.23. The predicted molar refractivity (Wildman–Crippen MR) is 113 cm³/mol. The van der Waals surface area contributed by atoms with E-state index in [-0.39, 0.29) is 6.10 Å². The molecule has 0 aliphatic carbocycles. The number of rotatable bonds is 6. The number of hydrogen-bond donors (Lipinski definition) is 0. The first-order valence-electron chi connectivity index (χ1n) is 8.94. The number of aromatic nitrogens is 2. The van der Waals surface area contributed by atoms with Gasteiger partial charge in [0.25, 0.3) is 0 Å². The summed E-state index contributed by atoms with van der Waals surface area (Å²) in [6.45, 7) is 6.15. The summed E-state index contributed by atoms with van der Waals surface area (Å²) in [5, 5.41) is 11.2. The van der Waals surface area contributed by atoms with Crippen molar-refractivity contribution in [3.05, 3.63) is 52.5 Å². The SMILES string of the molecule is BCc1cccc(-c2nnc(-c3ccc(OC(C)C)c(Cl)c3)s2)c1CC. The summed E-state index contributed by atoms with van der Waals surface area (Å²) in [6.07, 6.45) is 2.10. The van der Waals surface area contributed by atoms with Crippen LogP contribution in [0.1, 0.15) is 31.9 Å². The molecule has 134 valence electrons. The summed E-state index contributed by atoms with van der Waals surface area (Å²) >= 11 is 7.96. The van der Waals surface area contributed by atoms with Crippen molar-refractivity contribution in [2.45, 2.75) is 39.6 Å². The van der Waals surface area contributed by atoms with Crippen LogP contribution in [-0.4, -0.2) is 24.1 Å². The van der Waals surface area contributed by atoms with Crippen LogP contribution in [0.5, 0.6) is 5.75 Å². The van der Waals surface area contributed by atoms with E-state index in [4.69, 9.17) is 16.3 Å². The highest BCUT2D eigenvalue weighted by Gasteiger charge is 2.14. The maximum absolute atomic E-state index is 6.37. The molecule has 0 aliphatic heterocycles. The van der Waals surface area contributed by atoms with Gasteiger partial charge in [0.2, 0.25) is 0 Å². The van der Waals surface area contributed by atoms with Crippen LogP contribution >= 0.6 is 22.9 Å². The molecule has 3 rings (SSSR count). The van der Waals surface area contributed by atoms with Crippen molar-refractivity contribution in [1.29, 1.82) is 0 Å². The Morgan fingerprint density at radius 1 is 1.15 bits per heavy atom. The summed E-state index contributed by atoms with van der Waals surface area (Å²) in [7, 11) is 2.19. The fourth-order valence-corrected chi connectivity index (χ4v) is 4.13. The quantitative estimate of drug-likeness (QED) is 0.560. The van der Waals surface area contributed by atoms with Gasteiger partial charge in [0.15, 0.2) is 0 Å². The van der Waals surface area contributed by atoms with E-state index < -0.39 is 0 Å². The van der Waals surface area contributed by atoms with Crippen molar-refractivity contribution >= 4 is 30.8 Å². The van der Waals surface area contributed by atoms with Gasteiger partial charge in [0.05, 0.1) is 11.1 Å². The average molecular weight is 385 g/mol. The number of halogens is 1. The molecule has 6 heteroatoms. The first-order chi connectivity index (χ1) is 12.5. The Bertz CT molecular complexity index is 911. The minimum absolute atomic E-state index is 0.0878. The highest BCUT2D eigenvalue weighted by atomic mass is 35.5. The third-order valence-electron chi connectivity index (χ3n) is 4.20. The van der Waals surface area contributed by atoms with E-state index in [0.29, 0.717) is 10.8 Å². The Morgan fingerprint density at radius 3 is 2.58 bits per heavy atom. The second-order valence-corrected chi connectivity index (χ2v) is 7.76. The van der Waals surface area contributed by atoms with E-state index in [1.54, 1.807) is 11.3 Å². The number of nitrogens with zero attached hydrogens (tertiary/aromatic N) is 2. The molecule has 0 amide bonds. The lowest BCUT2D eigenvalue weighted by molar-refractivity contribution is 0.242. The van der Waals surface area contributed by atoms with Gasteiger partial charge in [-0.05, 0) is 44.0 Å². The van der Waals surface area contributed by atoms with Gasteiger partial charge in [-0.3, -0.25) is 0 Å². The Labute approximate surface area is 164 Å². The molecular formula is C20H22BClN2OS. The minimum atomic E-state index is 0.0878. The second-order valence-electron chi connectivity index (χ2n) is 6.37. The van der Waals surface area contributed by atoms with Crippen LogP contribution in [0.2, 0.25) is 5.02 Å². The molecule has 0 bridgehead atoms. The van der Waals surface area contributed by atoms with E-state index in [1.807, 2.05) is 32.0 Å². The first-order valence-corrected chi connectivity index (χ1v) is 10.1. The smallest absolute Gasteiger partial charge is 0.148 e. The van der Waals surface area contributed by atoms with E-state index >= 15 is 0 Å². The molecule has 3 nitrogen and oxygen atoms in total. The molecule has 1 heterocycles. The fourth-order valence-electron chi connectivity index (χ4n) is 3.02. The maximum atomic E-state index is 6.37. The third-order valence-corrected chi connectivity index (χ3v) is 5.51. The van der Waals surface area contributed by atoms with Crippen molar-refractivity contribution in [2.75, 3.05) is 0 Å². The lowest BCUT2D eigenvalue weighted by Gasteiger charge is -2.11. The molecule has 0 N–H and O–H groups in total. The molecule has 1 aromatic heterocycles. The van der Waals surface area contributed by atoms with Crippen LogP contribution in [0.4, 0.5) is 0 Å². The van der Waals surface area contributed by atoms with Gasteiger partial charge in [-0.2, -0.15) is 0 Å². The van der Waals surface area contributed by atoms with E-state index in [9.17, 15) is 0 Å². The molecule has 26 heavy (non-hydrogen) atoms. The molecule has 2 aromatic carbocycles. The molecule has 0 fully saturated rings. The largest absolute Gasteiger partial charge is 0.489 e. The monoisotopic (exact) mass is 384 g/mol. The van der Waals surface area contributed by atoms with Crippen LogP contribution in [-0.2, 0) is 12.7 Å². The maximum Gasteiger partial charge on any atom is 0.148 e. The summed E-state index contributed by atoms with van der Waals surface area (Å²) in [5.41, 5.74) is 4.87. The van der Waals surface area contributed by atoms with E-state index in [0.717, 1.165) is 28.3 Å². The van der Waals surface area contributed by atoms with Gasteiger partial charge in [-0.15, -0.1) is 10.2 Å². The summed E-state index contributed by atoms with van der Waals surface area (Å²) < 4.78 is 5.70. The van der Waals surface area contributed by atoms with Gasteiger partial charge >= 0.3 is 0 Å². The molecule has 0 saturated carbocycles. The molecule has 0 unspecified atom stereocenters. The number of ether oxygens (including phenoxy) is 1. The standard InChI is InChI=1S/C20H22BClN2OS/c1-4-15-14(11-21)6-5-7-16(15)20-24-23-19(26-20)13-8-9-18(17(22)10-13)25-12(2)3/h5-10,12H,4,11,21H2,1-3H3. The van der Waals surface area contributed by atoms with Crippen LogP contribution in [0.15, 0.2) is 36.4 Å². The molecular weight excluding hydrogens is 363 g/mol. The first kappa shape index (κ1) is 18.9. The summed E-state index contributed by atoms with van der Waals surface area (Å²) in [6, 6.07) is 12.2. The molecule has 0 aliphatic rings. The number of hydrogen-bond acceptors (Lipinski definition) is 4. The zero-order valence-electron chi connectivity index (χ0n) is 15.5. The van der Waals surface area contributed by atoms with Gasteiger partial charge in [-0.25, -0.2) is 0 Å². The summed E-state index contributed by atoms with van der Waals surface area (Å²) in [5.74, 6) is 0.694. The fraction of sp³-hybridized carbons (Fsp3) is 0.300. The van der Waals surface area contributed by atoms with Crippen LogP contribution in [0.3, 0.4) is 0 Å². The van der Waals surface area contributed by atoms with E-state index in [1.165, 1.54) is 16.7 Å². The van der Waals surface area contributed by atoms with Crippen LogP contribution < -0.4 is 4.74 Å². The van der Waals surface area contributed by atoms with Crippen molar-refractivity contribution < 1.29 is 4.74 Å². The van der Waals surface area contributed by atoms with Crippen LogP contribution in [0, 0.1) is 0 Å². The zero-order chi connectivity index (χ0) is 18.7. The molecule has 0 spiro atoms. The molecule has 0 atom stereocenters. The highest BCUT2D eigenvalue weighted by molar-refractivity contribution is 7.17. The van der Waals surface area contributed by atoms with Crippen molar-refractivity contribution in [3.63, 3.8) is 0 Å².